The van der Waals surface area contributed by atoms with Gasteiger partial charge in [0.25, 0.3) is 0 Å². The molecule has 0 saturated carbocycles. The average molecular weight is 451 g/mol. The molecule has 5 rings (SSSR count). The number of aromatic nitrogens is 6. The highest BCUT2D eigenvalue weighted by Gasteiger charge is 2.20. The van der Waals surface area contributed by atoms with Crippen molar-refractivity contribution in [3.63, 3.8) is 0 Å². The predicted octanol–water partition coefficient (Wildman–Crippen LogP) is 5.02. The summed E-state index contributed by atoms with van der Waals surface area (Å²) in [6, 6.07) is 14.1. The first-order chi connectivity index (χ1) is 13.6. The Morgan fingerprint density at radius 2 is 1.86 bits per heavy atom. The van der Waals surface area contributed by atoms with Crippen molar-refractivity contribution >= 4 is 38.3 Å². The zero-order chi connectivity index (χ0) is 19.3. The van der Waals surface area contributed by atoms with Crippen molar-refractivity contribution in [2.75, 3.05) is 0 Å². The molecule has 0 aliphatic carbocycles. The number of fused-ring (bicyclic) bond motifs is 1. The second kappa shape index (κ2) is 6.65. The molecular weight excluding hydrogens is 436 g/mol. The first-order valence-electron chi connectivity index (χ1n) is 8.66. The van der Waals surface area contributed by atoms with Gasteiger partial charge in [0, 0.05) is 28.2 Å². The Labute approximate surface area is 173 Å². The Kier molecular flexibility index (Phi) is 4.10. The largest absolute Gasteiger partial charge is 0.333 e. The molecule has 2 aromatic carbocycles. The van der Waals surface area contributed by atoms with E-state index in [9.17, 15) is 0 Å². The smallest absolute Gasteiger partial charge is 0.211 e. The van der Waals surface area contributed by atoms with Crippen LogP contribution in [0.5, 0.6) is 0 Å². The number of thiazole rings is 1. The van der Waals surface area contributed by atoms with Crippen LogP contribution in [-0.2, 0) is 7.05 Å². The van der Waals surface area contributed by atoms with Crippen LogP contribution in [0, 0.1) is 6.92 Å². The summed E-state index contributed by atoms with van der Waals surface area (Å²) in [6.45, 7) is 1.98. The summed E-state index contributed by atoms with van der Waals surface area (Å²) in [5, 5.41) is 7.62. The molecule has 0 unspecified atom stereocenters. The summed E-state index contributed by atoms with van der Waals surface area (Å²) in [4.78, 5) is 13.9. The third kappa shape index (κ3) is 2.85. The highest BCUT2D eigenvalue weighted by atomic mass is 79.9. The quantitative estimate of drug-likeness (QED) is 0.387. The molecule has 0 N–H and O–H groups in total. The Morgan fingerprint density at radius 1 is 1.04 bits per heavy atom. The average Bonchev–Trinajstić information content (AvgIpc) is 3.41. The van der Waals surface area contributed by atoms with Gasteiger partial charge in [-0.3, -0.25) is 0 Å². The summed E-state index contributed by atoms with van der Waals surface area (Å²) in [6.07, 6.45) is 1.82. The summed E-state index contributed by atoms with van der Waals surface area (Å²) in [5.74, 6) is 1.38. The fraction of sp³-hybridized carbons (Fsp3) is 0.100. The molecule has 3 aromatic heterocycles. The van der Waals surface area contributed by atoms with Crippen LogP contribution in [0.4, 0.5) is 0 Å². The number of rotatable bonds is 3. The van der Waals surface area contributed by atoms with Gasteiger partial charge in [0.05, 0.1) is 23.0 Å². The van der Waals surface area contributed by atoms with Crippen molar-refractivity contribution in [2.45, 2.75) is 6.92 Å². The number of hydrogen-bond donors (Lipinski definition) is 0. The standard InChI is InChI=1S/C20H15BrN6S/c1-12-10-28-20(23-12)18-24-19(27(25-18)14-8-6-13(21)7-9-14)15-4-3-5-16-17(15)26(2)11-22-16/h3-11H,1-2H3. The van der Waals surface area contributed by atoms with Gasteiger partial charge in [0.2, 0.25) is 5.82 Å². The molecule has 0 aliphatic rings. The number of para-hydroxylation sites is 1. The molecule has 0 atom stereocenters. The molecule has 8 heteroatoms. The van der Waals surface area contributed by atoms with Crippen molar-refractivity contribution < 1.29 is 0 Å². The SMILES string of the molecule is Cc1csc(-c2nc(-c3cccc4ncn(C)c34)n(-c3ccc(Br)cc3)n2)n1. The van der Waals surface area contributed by atoms with E-state index >= 15 is 0 Å². The maximum absolute atomic E-state index is 4.88. The maximum atomic E-state index is 4.88. The van der Waals surface area contributed by atoms with E-state index in [0.717, 1.165) is 43.3 Å². The number of benzene rings is 2. The van der Waals surface area contributed by atoms with E-state index < -0.39 is 0 Å². The van der Waals surface area contributed by atoms with Crippen LogP contribution >= 0.6 is 27.3 Å². The van der Waals surface area contributed by atoms with Gasteiger partial charge in [-0.1, -0.05) is 22.0 Å². The summed E-state index contributed by atoms with van der Waals surface area (Å²) < 4.78 is 4.90. The highest BCUT2D eigenvalue weighted by molar-refractivity contribution is 9.10. The van der Waals surface area contributed by atoms with Gasteiger partial charge in [-0.2, -0.15) is 0 Å². The van der Waals surface area contributed by atoms with Crippen molar-refractivity contribution in [2.24, 2.45) is 7.05 Å². The van der Waals surface area contributed by atoms with Gasteiger partial charge in [0.15, 0.2) is 10.8 Å². The lowest BCUT2D eigenvalue weighted by Crippen LogP contribution is -2.01. The Hall–Kier alpha value is -2.84. The van der Waals surface area contributed by atoms with Crippen LogP contribution in [0.25, 0.3) is 38.9 Å². The van der Waals surface area contributed by atoms with E-state index in [4.69, 9.17) is 10.1 Å². The van der Waals surface area contributed by atoms with Gasteiger partial charge < -0.3 is 4.57 Å². The molecule has 0 fully saturated rings. The molecule has 0 radical (unpaired) electrons. The van der Waals surface area contributed by atoms with E-state index in [1.807, 2.05) is 71.3 Å². The monoisotopic (exact) mass is 450 g/mol. The lowest BCUT2D eigenvalue weighted by molar-refractivity contribution is 0.887. The van der Waals surface area contributed by atoms with Crippen LogP contribution in [-0.4, -0.2) is 29.3 Å². The predicted molar refractivity (Wildman–Crippen MR) is 115 cm³/mol. The van der Waals surface area contributed by atoms with E-state index in [-0.39, 0.29) is 0 Å². The Balaban J connectivity index is 1.79. The molecule has 0 bridgehead atoms. The highest BCUT2D eigenvalue weighted by Crippen LogP contribution is 2.31. The minimum atomic E-state index is 0.621. The van der Waals surface area contributed by atoms with Crippen LogP contribution < -0.4 is 0 Å². The molecule has 3 heterocycles. The summed E-state index contributed by atoms with van der Waals surface area (Å²) >= 11 is 5.05. The van der Waals surface area contributed by atoms with Gasteiger partial charge in [-0.15, -0.1) is 16.4 Å². The van der Waals surface area contributed by atoms with Crippen LogP contribution in [0.1, 0.15) is 5.69 Å². The van der Waals surface area contributed by atoms with Crippen molar-refractivity contribution in [3.8, 4) is 27.9 Å². The lowest BCUT2D eigenvalue weighted by Gasteiger charge is -2.08. The molecule has 0 spiro atoms. The van der Waals surface area contributed by atoms with Crippen LogP contribution in [0.3, 0.4) is 0 Å². The number of hydrogen-bond acceptors (Lipinski definition) is 5. The van der Waals surface area contributed by atoms with E-state index in [1.54, 1.807) is 11.3 Å². The van der Waals surface area contributed by atoms with E-state index in [1.165, 1.54) is 0 Å². The molecule has 138 valence electrons. The zero-order valence-corrected chi connectivity index (χ0v) is 17.6. The Morgan fingerprint density at radius 3 is 2.61 bits per heavy atom. The second-order valence-electron chi connectivity index (χ2n) is 6.47. The topological polar surface area (TPSA) is 61.4 Å². The maximum Gasteiger partial charge on any atom is 0.211 e. The number of aryl methyl sites for hydroxylation is 2. The molecular formula is C20H15BrN6S. The van der Waals surface area contributed by atoms with Gasteiger partial charge in [0.1, 0.15) is 0 Å². The molecule has 28 heavy (non-hydrogen) atoms. The lowest BCUT2D eigenvalue weighted by atomic mass is 10.1. The minimum Gasteiger partial charge on any atom is -0.333 e. The van der Waals surface area contributed by atoms with Crippen molar-refractivity contribution in [3.05, 3.63) is 64.3 Å². The molecule has 0 aliphatic heterocycles. The summed E-state index contributed by atoms with van der Waals surface area (Å²) in [5.41, 5.74) is 4.83. The first-order valence-corrected chi connectivity index (χ1v) is 10.3. The van der Waals surface area contributed by atoms with Crippen molar-refractivity contribution in [1.82, 2.24) is 29.3 Å². The number of imidazole rings is 1. The van der Waals surface area contributed by atoms with Crippen LogP contribution in [0.15, 0.2) is 58.6 Å². The van der Waals surface area contributed by atoms with Crippen LogP contribution in [0.2, 0.25) is 0 Å². The fourth-order valence-corrected chi connectivity index (χ4v) is 4.18. The van der Waals surface area contributed by atoms with Gasteiger partial charge >= 0.3 is 0 Å². The third-order valence-corrected chi connectivity index (χ3v) is 5.95. The van der Waals surface area contributed by atoms with Gasteiger partial charge in [-0.25, -0.2) is 19.6 Å². The second-order valence-corrected chi connectivity index (χ2v) is 8.24. The number of nitrogens with zero attached hydrogens (tertiary/aromatic N) is 6. The Bertz CT molecular complexity index is 1300. The zero-order valence-electron chi connectivity index (χ0n) is 15.2. The summed E-state index contributed by atoms with van der Waals surface area (Å²) in [7, 11) is 1.99. The fourth-order valence-electron chi connectivity index (χ4n) is 3.19. The molecule has 5 aromatic rings. The third-order valence-electron chi connectivity index (χ3n) is 4.47. The molecule has 0 amide bonds. The normalized spacial score (nSPS) is 11.4. The molecule has 0 saturated heterocycles. The minimum absolute atomic E-state index is 0.621. The van der Waals surface area contributed by atoms with Crippen molar-refractivity contribution in [1.29, 1.82) is 0 Å². The van der Waals surface area contributed by atoms with E-state index in [2.05, 4.69) is 32.0 Å². The molecule has 6 nitrogen and oxygen atoms in total. The number of halogens is 1. The van der Waals surface area contributed by atoms with Gasteiger partial charge in [-0.05, 0) is 43.3 Å². The first kappa shape index (κ1) is 17.3. The van der Waals surface area contributed by atoms with E-state index in [0.29, 0.717) is 5.82 Å².